The van der Waals surface area contributed by atoms with Gasteiger partial charge in [0, 0.05) is 18.3 Å². The summed E-state index contributed by atoms with van der Waals surface area (Å²) in [5, 5.41) is 3.71. The third-order valence-corrected chi connectivity index (χ3v) is 4.23. The van der Waals surface area contributed by atoms with Crippen LogP contribution in [0.4, 0.5) is 0 Å². The van der Waals surface area contributed by atoms with Gasteiger partial charge in [0.05, 0.1) is 12.8 Å². The van der Waals surface area contributed by atoms with Crippen LogP contribution in [-0.2, 0) is 6.42 Å². The highest BCUT2D eigenvalue weighted by Gasteiger charge is 2.25. The first-order valence-corrected chi connectivity index (χ1v) is 7.65. The lowest BCUT2D eigenvalue weighted by Crippen LogP contribution is -2.25. The van der Waals surface area contributed by atoms with Crippen LogP contribution in [-0.4, -0.2) is 18.1 Å². The summed E-state index contributed by atoms with van der Waals surface area (Å²) in [5.74, 6) is 0.924. The van der Waals surface area contributed by atoms with Crippen molar-refractivity contribution in [2.24, 2.45) is 0 Å². The van der Waals surface area contributed by atoms with E-state index in [0.29, 0.717) is 12.1 Å². The molecule has 1 saturated heterocycles. The quantitative estimate of drug-likeness (QED) is 0.911. The Kier molecular flexibility index (Phi) is 4.51. The van der Waals surface area contributed by atoms with Crippen LogP contribution in [0.1, 0.15) is 36.6 Å². The zero-order chi connectivity index (χ0) is 14.5. The highest BCUT2D eigenvalue weighted by atomic mass is 16.5. The van der Waals surface area contributed by atoms with E-state index in [2.05, 4.69) is 34.6 Å². The van der Waals surface area contributed by atoms with Gasteiger partial charge in [-0.2, -0.15) is 0 Å². The Morgan fingerprint density at radius 1 is 1.14 bits per heavy atom. The number of aromatic nitrogens is 1. The first-order valence-electron chi connectivity index (χ1n) is 7.65. The van der Waals surface area contributed by atoms with Crippen molar-refractivity contribution in [1.29, 1.82) is 0 Å². The Balaban J connectivity index is 1.50. The second kappa shape index (κ2) is 6.72. The normalized spacial score (nSPS) is 21.4. The lowest BCUT2D eigenvalue weighted by atomic mass is 10.0. The van der Waals surface area contributed by atoms with Crippen molar-refractivity contribution < 1.29 is 4.74 Å². The van der Waals surface area contributed by atoms with E-state index in [9.17, 15) is 0 Å². The second-order valence-corrected chi connectivity index (χ2v) is 5.63. The number of aryl methyl sites for hydroxylation is 1. The third-order valence-electron chi connectivity index (χ3n) is 4.23. The molecule has 0 bridgehead atoms. The van der Waals surface area contributed by atoms with E-state index in [1.807, 2.05) is 24.4 Å². The van der Waals surface area contributed by atoms with Crippen LogP contribution < -0.4 is 10.1 Å². The Morgan fingerprint density at radius 3 is 2.71 bits per heavy atom. The lowest BCUT2D eigenvalue weighted by Gasteiger charge is -2.14. The van der Waals surface area contributed by atoms with Gasteiger partial charge in [-0.15, -0.1) is 0 Å². The molecule has 2 aromatic rings. The van der Waals surface area contributed by atoms with Gasteiger partial charge in [-0.1, -0.05) is 18.2 Å². The molecule has 3 nitrogen and oxygen atoms in total. The van der Waals surface area contributed by atoms with Crippen molar-refractivity contribution in [2.45, 2.75) is 37.8 Å². The summed E-state index contributed by atoms with van der Waals surface area (Å²) in [5.41, 5.74) is 2.54. The van der Waals surface area contributed by atoms with E-state index in [-0.39, 0.29) is 0 Å². The Labute approximate surface area is 126 Å². The highest BCUT2D eigenvalue weighted by Crippen LogP contribution is 2.27. The van der Waals surface area contributed by atoms with Crippen molar-refractivity contribution in [2.75, 3.05) is 7.11 Å². The molecule has 0 unspecified atom stereocenters. The van der Waals surface area contributed by atoms with Crippen molar-refractivity contribution in [3.63, 3.8) is 0 Å². The van der Waals surface area contributed by atoms with Gasteiger partial charge in [-0.3, -0.25) is 4.98 Å². The van der Waals surface area contributed by atoms with E-state index < -0.39 is 0 Å². The predicted molar refractivity (Wildman–Crippen MR) is 84.5 cm³/mol. The number of ether oxygens (including phenoxy) is 1. The van der Waals surface area contributed by atoms with E-state index >= 15 is 0 Å². The van der Waals surface area contributed by atoms with Crippen LogP contribution >= 0.6 is 0 Å². The summed E-state index contributed by atoms with van der Waals surface area (Å²) in [7, 11) is 1.70. The van der Waals surface area contributed by atoms with Crippen LogP contribution in [0.2, 0.25) is 0 Å². The molecule has 110 valence electrons. The minimum Gasteiger partial charge on any atom is -0.497 e. The van der Waals surface area contributed by atoms with Crippen LogP contribution in [0, 0.1) is 0 Å². The van der Waals surface area contributed by atoms with Crippen LogP contribution in [0.3, 0.4) is 0 Å². The number of benzene rings is 1. The monoisotopic (exact) mass is 282 g/mol. The van der Waals surface area contributed by atoms with Crippen LogP contribution in [0.25, 0.3) is 0 Å². The van der Waals surface area contributed by atoms with Gasteiger partial charge in [0.2, 0.25) is 0 Å². The predicted octanol–water partition coefficient (Wildman–Crippen LogP) is 3.52. The van der Waals surface area contributed by atoms with Gasteiger partial charge in [0.25, 0.3) is 0 Å². The van der Waals surface area contributed by atoms with Gasteiger partial charge in [-0.05, 0) is 55.5 Å². The zero-order valence-electron chi connectivity index (χ0n) is 12.5. The maximum absolute atomic E-state index is 5.19. The summed E-state index contributed by atoms with van der Waals surface area (Å²) in [6.07, 6.45) is 6.58. The zero-order valence-corrected chi connectivity index (χ0v) is 12.5. The molecule has 2 atom stereocenters. The number of nitrogens with zero attached hydrogens (tertiary/aromatic N) is 1. The second-order valence-electron chi connectivity index (χ2n) is 5.63. The maximum Gasteiger partial charge on any atom is 0.118 e. The molecule has 0 saturated carbocycles. The molecular weight excluding hydrogens is 260 g/mol. The summed E-state index contributed by atoms with van der Waals surface area (Å²) < 4.78 is 5.19. The number of methoxy groups -OCH3 is 1. The molecule has 1 fully saturated rings. The lowest BCUT2D eigenvalue weighted by molar-refractivity contribution is 0.414. The van der Waals surface area contributed by atoms with Gasteiger partial charge in [-0.25, -0.2) is 0 Å². The Hall–Kier alpha value is -1.87. The average molecular weight is 282 g/mol. The van der Waals surface area contributed by atoms with Crippen molar-refractivity contribution in [1.82, 2.24) is 10.3 Å². The number of rotatable bonds is 5. The SMILES string of the molecule is COc1ccc(CC[C@H]2CC[C@H](c3ccccn3)N2)cc1. The van der Waals surface area contributed by atoms with Crippen LogP contribution in [0.15, 0.2) is 48.7 Å². The molecular formula is C18H22N2O. The molecule has 0 spiro atoms. The van der Waals surface area contributed by atoms with E-state index in [4.69, 9.17) is 4.74 Å². The van der Waals surface area contributed by atoms with Crippen molar-refractivity contribution in [3.05, 3.63) is 59.9 Å². The Bertz CT molecular complexity index is 553. The summed E-state index contributed by atoms with van der Waals surface area (Å²) in [6, 6.07) is 15.6. The first kappa shape index (κ1) is 14.1. The third kappa shape index (κ3) is 3.61. The standard InChI is InChI=1S/C18H22N2O/c1-21-16-10-6-14(7-11-16)5-8-15-9-12-18(20-15)17-4-2-3-13-19-17/h2-4,6-7,10-11,13,15,18,20H,5,8-9,12H2,1H3/t15-,18+/m0/s1. The molecule has 1 aliphatic heterocycles. The van der Waals surface area contributed by atoms with Crippen LogP contribution in [0.5, 0.6) is 5.75 Å². The fraction of sp³-hybridized carbons (Fsp3) is 0.389. The highest BCUT2D eigenvalue weighted by molar-refractivity contribution is 5.27. The first-order chi connectivity index (χ1) is 10.3. The molecule has 0 amide bonds. The molecule has 1 N–H and O–H groups in total. The largest absolute Gasteiger partial charge is 0.497 e. The molecule has 1 aromatic carbocycles. The van der Waals surface area contributed by atoms with E-state index in [1.165, 1.54) is 30.5 Å². The molecule has 0 radical (unpaired) electrons. The maximum atomic E-state index is 5.19. The minimum absolute atomic E-state index is 0.423. The Morgan fingerprint density at radius 2 is 2.00 bits per heavy atom. The number of hydrogen-bond acceptors (Lipinski definition) is 3. The molecule has 1 aliphatic rings. The molecule has 0 aliphatic carbocycles. The number of hydrogen-bond donors (Lipinski definition) is 1. The number of pyridine rings is 1. The topological polar surface area (TPSA) is 34.1 Å². The molecule has 1 aromatic heterocycles. The van der Waals surface area contributed by atoms with Gasteiger partial charge in [0.1, 0.15) is 5.75 Å². The summed E-state index contributed by atoms with van der Waals surface area (Å²) in [6.45, 7) is 0. The molecule has 21 heavy (non-hydrogen) atoms. The molecule has 3 heteroatoms. The van der Waals surface area contributed by atoms with Gasteiger partial charge in [0.15, 0.2) is 0 Å². The smallest absolute Gasteiger partial charge is 0.118 e. The summed E-state index contributed by atoms with van der Waals surface area (Å²) in [4.78, 5) is 4.46. The van der Waals surface area contributed by atoms with Gasteiger partial charge < -0.3 is 10.1 Å². The van der Waals surface area contributed by atoms with Gasteiger partial charge >= 0.3 is 0 Å². The molecule has 3 rings (SSSR count). The van der Waals surface area contributed by atoms with Crippen molar-refractivity contribution >= 4 is 0 Å². The average Bonchev–Trinajstić information content (AvgIpc) is 3.03. The van der Waals surface area contributed by atoms with E-state index in [1.54, 1.807) is 7.11 Å². The fourth-order valence-corrected chi connectivity index (χ4v) is 3.00. The molecule has 2 heterocycles. The summed E-state index contributed by atoms with van der Waals surface area (Å²) >= 11 is 0. The van der Waals surface area contributed by atoms with E-state index in [0.717, 1.165) is 12.2 Å². The fourth-order valence-electron chi connectivity index (χ4n) is 3.00. The minimum atomic E-state index is 0.423. The number of nitrogens with one attached hydrogen (secondary N) is 1. The van der Waals surface area contributed by atoms with Crippen molar-refractivity contribution in [3.8, 4) is 5.75 Å².